The quantitative estimate of drug-likeness (QED) is 0.439. The van der Waals surface area contributed by atoms with E-state index in [1.807, 2.05) is 0 Å². The second kappa shape index (κ2) is 9.72. The molecule has 194 valence electrons. The van der Waals surface area contributed by atoms with Gasteiger partial charge in [0, 0.05) is 6.42 Å². The highest BCUT2D eigenvalue weighted by Crippen LogP contribution is 2.69. The van der Waals surface area contributed by atoms with Crippen LogP contribution in [0, 0.1) is 52.3 Å². The lowest BCUT2D eigenvalue weighted by molar-refractivity contribution is -0.203. The van der Waals surface area contributed by atoms with Crippen molar-refractivity contribution in [3.05, 3.63) is 0 Å². The molecule has 0 aliphatic heterocycles. The second-order valence-electron chi connectivity index (χ2n) is 12.8. The number of aliphatic hydroxyl groups excluding tert-OH is 2. The van der Waals surface area contributed by atoms with E-state index in [9.17, 15) is 19.8 Å². The molecule has 4 unspecified atom stereocenters. The number of hydrogen-bond acceptors (Lipinski definition) is 4. The molecule has 34 heavy (non-hydrogen) atoms. The van der Waals surface area contributed by atoms with E-state index in [1.54, 1.807) is 0 Å². The normalized spacial score (nSPS) is 46.6. The maximum Gasteiger partial charge on any atom is 0.322 e. The summed E-state index contributed by atoms with van der Waals surface area (Å²) >= 11 is 0. The van der Waals surface area contributed by atoms with E-state index in [2.05, 4.69) is 33.0 Å². The third-order valence-corrected chi connectivity index (χ3v) is 11.4. The molecule has 0 radical (unpaired) electrons. The Morgan fingerprint density at radius 1 is 1.00 bits per heavy atom. The lowest BCUT2D eigenvalue weighted by Gasteiger charge is -2.64. The topological polar surface area (TPSA) is 107 Å². The van der Waals surface area contributed by atoms with Gasteiger partial charge in [0.2, 0.25) is 5.91 Å². The zero-order valence-electron chi connectivity index (χ0n) is 21.6. The number of aliphatic hydroxyl groups is 2. The number of rotatable bonds is 7. The van der Waals surface area contributed by atoms with Gasteiger partial charge in [-0.1, -0.05) is 34.1 Å². The highest BCUT2D eigenvalue weighted by atomic mass is 16.4. The first-order chi connectivity index (χ1) is 16.0. The predicted octanol–water partition coefficient (Wildman–Crippen LogP) is 4.23. The highest BCUT2D eigenvalue weighted by molar-refractivity contribution is 5.81. The van der Waals surface area contributed by atoms with Crippen molar-refractivity contribution in [2.45, 2.75) is 104 Å². The summed E-state index contributed by atoms with van der Waals surface area (Å²) in [5.74, 6) is 1.85. The Hall–Kier alpha value is -1.14. The van der Waals surface area contributed by atoms with Crippen LogP contribution in [0.15, 0.2) is 0 Å². The zero-order chi connectivity index (χ0) is 24.8. The molecule has 0 aromatic carbocycles. The number of carboxylic acids is 1. The van der Waals surface area contributed by atoms with Gasteiger partial charge in [0.1, 0.15) is 6.54 Å². The number of carboxylic acid groups (broad SMARTS) is 1. The van der Waals surface area contributed by atoms with Crippen molar-refractivity contribution in [1.29, 1.82) is 0 Å². The molecule has 0 aromatic rings. The Morgan fingerprint density at radius 2 is 1.68 bits per heavy atom. The monoisotopic (exact) mass is 477 g/mol. The van der Waals surface area contributed by atoms with Crippen LogP contribution < -0.4 is 5.32 Å². The van der Waals surface area contributed by atoms with Crippen molar-refractivity contribution in [2.75, 3.05) is 6.54 Å². The van der Waals surface area contributed by atoms with E-state index in [-0.39, 0.29) is 41.4 Å². The van der Waals surface area contributed by atoms with E-state index in [0.29, 0.717) is 41.9 Å². The molecule has 6 nitrogen and oxygen atoms in total. The molecule has 0 bridgehead atoms. The lowest BCUT2D eigenvalue weighted by Crippen LogP contribution is -2.62. The number of hydrogen-bond donors (Lipinski definition) is 4. The molecule has 4 fully saturated rings. The summed E-state index contributed by atoms with van der Waals surface area (Å²) in [5, 5.41) is 33.5. The number of fused-ring (bicyclic) bond motifs is 5. The maximum absolute atomic E-state index is 12.1. The minimum absolute atomic E-state index is 0.176. The van der Waals surface area contributed by atoms with E-state index < -0.39 is 5.97 Å². The third kappa shape index (κ3) is 4.31. The first kappa shape index (κ1) is 25.9. The Morgan fingerprint density at radius 3 is 2.35 bits per heavy atom. The van der Waals surface area contributed by atoms with Gasteiger partial charge in [0.25, 0.3) is 0 Å². The molecular formula is C28H47NO5. The lowest BCUT2D eigenvalue weighted by atomic mass is 9.41. The molecule has 4 aliphatic rings. The summed E-state index contributed by atoms with van der Waals surface area (Å²) in [4.78, 5) is 22.8. The summed E-state index contributed by atoms with van der Waals surface area (Å²) in [6.07, 6.45) is 9.14. The van der Waals surface area contributed by atoms with Crippen LogP contribution in [0.4, 0.5) is 0 Å². The first-order valence-electron chi connectivity index (χ1n) is 13.9. The van der Waals surface area contributed by atoms with Crippen molar-refractivity contribution in [3.63, 3.8) is 0 Å². The van der Waals surface area contributed by atoms with Crippen molar-refractivity contribution >= 4 is 11.9 Å². The highest BCUT2D eigenvalue weighted by Gasteiger charge is 2.64. The molecule has 11 atom stereocenters. The van der Waals surface area contributed by atoms with E-state index in [1.165, 1.54) is 6.42 Å². The van der Waals surface area contributed by atoms with Crippen LogP contribution in [0.2, 0.25) is 0 Å². The van der Waals surface area contributed by atoms with Crippen LogP contribution in [0.25, 0.3) is 0 Å². The van der Waals surface area contributed by atoms with Crippen LogP contribution in [-0.4, -0.2) is 45.9 Å². The standard InChI is InChI=1S/C28H47NO5/c1-5-18-22-14-17(30)10-12-28(22,4)21-11-13-27(3)19(7-8-20(27)25(21)26(18)34)16(2)6-9-23(31)29-15-24(32)33/h16-22,25-26,30,34H,5-15H2,1-4H3,(H,29,31)(H,32,33)/t16-,17-,18-,19?,20?,21?,22+,25?,26-,27-,28-/m1/s1. The minimum atomic E-state index is -1.01. The molecule has 4 rings (SSSR count). The third-order valence-electron chi connectivity index (χ3n) is 11.4. The summed E-state index contributed by atoms with van der Waals surface area (Å²) in [6.45, 7) is 9.10. The smallest absolute Gasteiger partial charge is 0.322 e. The number of aliphatic carboxylic acids is 1. The van der Waals surface area contributed by atoms with Gasteiger partial charge in [-0.3, -0.25) is 9.59 Å². The van der Waals surface area contributed by atoms with Crippen molar-refractivity contribution in [3.8, 4) is 0 Å². The molecule has 0 aromatic heterocycles. The van der Waals surface area contributed by atoms with Crippen LogP contribution in [-0.2, 0) is 9.59 Å². The molecule has 1 amide bonds. The van der Waals surface area contributed by atoms with Crippen LogP contribution in [0.1, 0.15) is 91.9 Å². The SMILES string of the molecule is CC[C@H]1[C@@H](O)C2C3CCC([C@H](C)CCC(=O)NCC(=O)O)[C@@]3(C)CCC2[C@@]2(C)CC[C@@H](O)C[C@@H]12. The van der Waals surface area contributed by atoms with Gasteiger partial charge in [0.05, 0.1) is 12.2 Å². The predicted molar refractivity (Wildman–Crippen MR) is 131 cm³/mol. The molecular weight excluding hydrogens is 430 g/mol. The van der Waals surface area contributed by atoms with Crippen LogP contribution >= 0.6 is 0 Å². The minimum Gasteiger partial charge on any atom is -0.480 e. The summed E-state index contributed by atoms with van der Waals surface area (Å²) in [6, 6.07) is 0. The van der Waals surface area contributed by atoms with Gasteiger partial charge in [-0.25, -0.2) is 0 Å². The fourth-order valence-electron chi connectivity index (χ4n) is 9.76. The van der Waals surface area contributed by atoms with Crippen LogP contribution in [0.5, 0.6) is 0 Å². The van der Waals surface area contributed by atoms with Crippen molar-refractivity contribution in [1.82, 2.24) is 5.32 Å². The molecule has 0 spiro atoms. The largest absolute Gasteiger partial charge is 0.480 e. The molecule has 0 saturated heterocycles. The van der Waals surface area contributed by atoms with E-state index >= 15 is 0 Å². The molecule has 0 heterocycles. The number of nitrogens with one attached hydrogen (secondary N) is 1. The molecule has 4 N–H and O–H groups in total. The van der Waals surface area contributed by atoms with Gasteiger partial charge >= 0.3 is 5.97 Å². The van der Waals surface area contributed by atoms with E-state index in [4.69, 9.17) is 5.11 Å². The fraction of sp³-hybridized carbons (Fsp3) is 0.929. The van der Waals surface area contributed by atoms with Crippen molar-refractivity contribution < 1.29 is 24.9 Å². The van der Waals surface area contributed by atoms with Gasteiger partial charge in [-0.15, -0.1) is 0 Å². The average molecular weight is 478 g/mol. The van der Waals surface area contributed by atoms with Gasteiger partial charge in [-0.05, 0) is 104 Å². The summed E-state index contributed by atoms with van der Waals surface area (Å²) in [5.41, 5.74) is 0.409. The summed E-state index contributed by atoms with van der Waals surface area (Å²) < 4.78 is 0. The Bertz CT molecular complexity index is 772. The van der Waals surface area contributed by atoms with Crippen molar-refractivity contribution in [2.24, 2.45) is 52.3 Å². The van der Waals surface area contributed by atoms with Gasteiger partial charge in [0.15, 0.2) is 0 Å². The summed E-state index contributed by atoms with van der Waals surface area (Å²) in [7, 11) is 0. The maximum atomic E-state index is 12.1. The molecule has 4 saturated carbocycles. The number of amides is 1. The fourth-order valence-corrected chi connectivity index (χ4v) is 9.76. The van der Waals surface area contributed by atoms with Crippen LogP contribution in [0.3, 0.4) is 0 Å². The number of carbonyl (C=O) groups excluding carboxylic acids is 1. The average Bonchev–Trinajstić information content (AvgIpc) is 3.14. The Balaban J connectivity index is 1.49. The van der Waals surface area contributed by atoms with E-state index in [0.717, 1.165) is 51.4 Å². The van der Waals surface area contributed by atoms with Gasteiger partial charge < -0.3 is 20.6 Å². The number of carbonyl (C=O) groups is 2. The first-order valence-corrected chi connectivity index (χ1v) is 13.9. The molecule has 4 aliphatic carbocycles. The molecule has 6 heteroatoms. The Kier molecular flexibility index (Phi) is 7.42. The zero-order valence-corrected chi connectivity index (χ0v) is 21.6. The van der Waals surface area contributed by atoms with Gasteiger partial charge in [-0.2, -0.15) is 0 Å². The Labute approximate surface area is 205 Å². The second-order valence-corrected chi connectivity index (χ2v) is 12.8.